The van der Waals surface area contributed by atoms with E-state index in [2.05, 4.69) is 4.98 Å². The predicted octanol–water partition coefficient (Wildman–Crippen LogP) is 3.76. The van der Waals surface area contributed by atoms with Gasteiger partial charge in [-0.2, -0.15) is 13.2 Å². The fourth-order valence-electron chi connectivity index (χ4n) is 3.26. The van der Waals surface area contributed by atoms with Crippen molar-refractivity contribution < 1.29 is 27.4 Å². The van der Waals surface area contributed by atoms with Crippen LogP contribution in [0.3, 0.4) is 0 Å². The molecule has 1 amide bonds. The van der Waals surface area contributed by atoms with Crippen LogP contribution >= 0.6 is 0 Å². The number of carbonyl (C=O) groups is 1. The van der Waals surface area contributed by atoms with E-state index in [-0.39, 0.29) is 17.7 Å². The van der Waals surface area contributed by atoms with Gasteiger partial charge in [0.1, 0.15) is 29.4 Å². The number of aromatic nitrogens is 2. The zero-order valence-corrected chi connectivity index (χ0v) is 17.5. The number of methoxy groups -OCH3 is 1. The first-order valence-corrected chi connectivity index (χ1v) is 9.39. The number of rotatable bonds is 6. The molecule has 2 heterocycles. The SMILES string of the molecule is COc1c(C)cnc(COc2ccc(-c3cc(C(N)=O)c(=O)[nH]c3C(F)(F)F)cc2)c1C. The number of hydrogen-bond acceptors (Lipinski definition) is 5. The highest BCUT2D eigenvalue weighted by molar-refractivity contribution is 5.94. The van der Waals surface area contributed by atoms with Crippen molar-refractivity contribution in [2.45, 2.75) is 26.6 Å². The number of hydrogen-bond donors (Lipinski definition) is 2. The molecule has 0 saturated carbocycles. The highest BCUT2D eigenvalue weighted by Crippen LogP contribution is 2.36. The second-order valence-corrected chi connectivity index (χ2v) is 7.02. The molecule has 2 aromatic heterocycles. The Bertz CT molecular complexity index is 1220. The van der Waals surface area contributed by atoms with Crippen molar-refractivity contribution >= 4 is 5.91 Å². The lowest BCUT2D eigenvalue weighted by Gasteiger charge is -2.15. The summed E-state index contributed by atoms with van der Waals surface area (Å²) in [5, 5.41) is 0. The van der Waals surface area contributed by atoms with Gasteiger partial charge in [-0.25, -0.2) is 0 Å². The second kappa shape index (κ2) is 8.74. The van der Waals surface area contributed by atoms with Crippen molar-refractivity contribution in [3.05, 3.63) is 75.0 Å². The number of aromatic amines is 1. The molecular formula is C22H20F3N3O4. The van der Waals surface area contributed by atoms with Gasteiger partial charge in [0, 0.05) is 22.9 Å². The molecule has 0 fully saturated rings. The number of aryl methyl sites for hydroxylation is 1. The number of ether oxygens (including phenoxy) is 2. The maximum atomic E-state index is 13.4. The van der Waals surface area contributed by atoms with Gasteiger partial charge in [-0.3, -0.25) is 14.6 Å². The summed E-state index contributed by atoms with van der Waals surface area (Å²) in [6, 6.07) is 6.57. The Labute approximate surface area is 181 Å². The highest BCUT2D eigenvalue weighted by Gasteiger charge is 2.36. The summed E-state index contributed by atoms with van der Waals surface area (Å²) in [6.45, 7) is 3.85. The van der Waals surface area contributed by atoms with Crippen molar-refractivity contribution in [2.75, 3.05) is 7.11 Å². The van der Waals surface area contributed by atoms with Crippen LogP contribution in [-0.4, -0.2) is 23.0 Å². The van der Waals surface area contributed by atoms with Gasteiger partial charge in [0.15, 0.2) is 0 Å². The predicted molar refractivity (Wildman–Crippen MR) is 111 cm³/mol. The number of alkyl halides is 3. The Morgan fingerprint density at radius 3 is 2.41 bits per heavy atom. The molecule has 0 aliphatic rings. The topological polar surface area (TPSA) is 107 Å². The summed E-state index contributed by atoms with van der Waals surface area (Å²) in [7, 11) is 1.56. The van der Waals surface area contributed by atoms with Crippen LogP contribution in [0.4, 0.5) is 13.2 Å². The van der Waals surface area contributed by atoms with Gasteiger partial charge in [0.2, 0.25) is 0 Å². The zero-order chi connectivity index (χ0) is 23.6. The van der Waals surface area contributed by atoms with E-state index in [1.54, 1.807) is 18.3 Å². The molecule has 168 valence electrons. The number of pyridine rings is 2. The van der Waals surface area contributed by atoms with E-state index in [9.17, 15) is 22.8 Å². The maximum absolute atomic E-state index is 13.4. The quantitative estimate of drug-likeness (QED) is 0.598. The number of nitrogens with one attached hydrogen (secondary N) is 1. The van der Waals surface area contributed by atoms with Crippen molar-refractivity contribution in [3.63, 3.8) is 0 Å². The summed E-state index contributed by atoms with van der Waals surface area (Å²) in [4.78, 5) is 29.3. The molecule has 0 bridgehead atoms. The van der Waals surface area contributed by atoms with Crippen LogP contribution in [0.1, 0.15) is 32.9 Å². The third-order valence-electron chi connectivity index (χ3n) is 4.88. The lowest BCUT2D eigenvalue weighted by molar-refractivity contribution is -0.140. The molecular weight excluding hydrogens is 427 g/mol. The summed E-state index contributed by atoms with van der Waals surface area (Å²) in [6.07, 6.45) is -3.17. The van der Waals surface area contributed by atoms with E-state index in [1.165, 1.54) is 24.3 Å². The van der Waals surface area contributed by atoms with Crippen LogP contribution < -0.4 is 20.8 Å². The van der Waals surface area contributed by atoms with Crippen LogP contribution in [0, 0.1) is 13.8 Å². The number of amides is 1. The molecule has 3 rings (SSSR count). The third kappa shape index (κ3) is 4.58. The molecule has 0 spiro atoms. The second-order valence-electron chi connectivity index (χ2n) is 7.02. The van der Waals surface area contributed by atoms with E-state index in [1.807, 2.05) is 13.8 Å². The smallest absolute Gasteiger partial charge is 0.431 e. The van der Waals surface area contributed by atoms with Crippen LogP contribution in [0.5, 0.6) is 11.5 Å². The Balaban J connectivity index is 1.90. The van der Waals surface area contributed by atoms with Crippen LogP contribution in [0.2, 0.25) is 0 Å². The standard InChI is InChI=1S/C22H20F3N3O4/c1-11-9-27-17(12(2)18(11)31-3)10-32-14-6-4-13(5-7-14)15-8-16(20(26)29)21(30)28-19(15)22(23,24)25/h4-9H,10H2,1-3H3,(H2,26,29)(H,28,30). The molecule has 3 N–H and O–H groups in total. The Morgan fingerprint density at radius 1 is 1.19 bits per heavy atom. The number of nitrogens with zero attached hydrogens (tertiary/aromatic N) is 1. The number of halogens is 3. The monoisotopic (exact) mass is 447 g/mol. The van der Waals surface area contributed by atoms with Gasteiger partial charge in [-0.1, -0.05) is 12.1 Å². The molecule has 0 atom stereocenters. The van der Waals surface area contributed by atoms with Crippen molar-refractivity contribution in [1.82, 2.24) is 9.97 Å². The summed E-state index contributed by atoms with van der Waals surface area (Å²) < 4.78 is 51.4. The van der Waals surface area contributed by atoms with Crippen LogP contribution in [0.15, 0.2) is 41.3 Å². The average molecular weight is 447 g/mol. The van der Waals surface area contributed by atoms with Crippen molar-refractivity contribution in [2.24, 2.45) is 5.73 Å². The lowest BCUT2D eigenvalue weighted by atomic mass is 10.0. The van der Waals surface area contributed by atoms with Crippen LogP contribution in [0.25, 0.3) is 11.1 Å². The minimum atomic E-state index is -4.84. The molecule has 0 radical (unpaired) electrons. The highest BCUT2D eigenvalue weighted by atomic mass is 19.4. The summed E-state index contributed by atoms with van der Waals surface area (Å²) in [5.41, 5.74) is 4.17. The molecule has 10 heteroatoms. The molecule has 0 unspecified atom stereocenters. The van der Waals surface area contributed by atoms with Gasteiger partial charge in [0.25, 0.3) is 11.5 Å². The minimum Gasteiger partial charge on any atom is -0.496 e. The van der Waals surface area contributed by atoms with E-state index in [4.69, 9.17) is 15.2 Å². The molecule has 0 saturated heterocycles. The summed E-state index contributed by atoms with van der Waals surface area (Å²) >= 11 is 0. The normalized spacial score (nSPS) is 11.3. The minimum absolute atomic E-state index is 0.120. The number of carbonyl (C=O) groups excluding carboxylic acids is 1. The third-order valence-corrected chi connectivity index (χ3v) is 4.88. The van der Waals surface area contributed by atoms with Gasteiger partial charge >= 0.3 is 6.18 Å². The largest absolute Gasteiger partial charge is 0.496 e. The van der Waals surface area contributed by atoms with Crippen LogP contribution in [-0.2, 0) is 12.8 Å². The van der Waals surface area contributed by atoms with Gasteiger partial charge in [-0.05, 0) is 37.6 Å². The first-order chi connectivity index (χ1) is 15.0. The fourth-order valence-corrected chi connectivity index (χ4v) is 3.26. The molecule has 32 heavy (non-hydrogen) atoms. The number of H-pyrrole nitrogens is 1. The number of benzene rings is 1. The molecule has 0 aliphatic heterocycles. The molecule has 1 aromatic carbocycles. The number of primary amides is 1. The molecule has 7 nitrogen and oxygen atoms in total. The van der Waals surface area contributed by atoms with Gasteiger partial charge in [0.05, 0.1) is 12.8 Å². The molecule has 0 aliphatic carbocycles. The number of nitrogens with two attached hydrogens (primary N) is 1. The van der Waals surface area contributed by atoms with E-state index in [0.717, 1.165) is 17.2 Å². The van der Waals surface area contributed by atoms with Gasteiger partial charge < -0.3 is 20.2 Å². The Hall–Kier alpha value is -3.82. The Kier molecular flexibility index (Phi) is 6.24. The average Bonchev–Trinajstić information content (AvgIpc) is 2.73. The Morgan fingerprint density at radius 2 is 1.84 bits per heavy atom. The van der Waals surface area contributed by atoms with Gasteiger partial charge in [-0.15, -0.1) is 0 Å². The van der Waals surface area contributed by atoms with E-state index >= 15 is 0 Å². The van der Waals surface area contributed by atoms with Crippen molar-refractivity contribution in [3.8, 4) is 22.6 Å². The zero-order valence-electron chi connectivity index (χ0n) is 17.5. The van der Waals surface area contributed by atoms with E-state index < -0.39 is 28.9 Å². The maximum Gasteiger partial charge on any atom is 0.431 e. The van der Waals surface area contributed by atoms with E-state index in [0.29, 0.717) is 17.2 Å². The molecule has 3 aromatic rings. The first kappa shape index (κ1) is 22.9. The first-order valence-electron chi connectivity index (χ1n) is 9.39. The lowest BCUT2D eigenvalue weighted by Crippen LogP contribution is -2.27. The fraction of sp³-hybridized carbons (Fsp3) is 0.227. The summed E-state index contributed by atoms with van der Waals surface area (Å²) in [5.74, 6) is -0.0304. The van der Waals surface area contributed by atoms with Crippen molar-refractivity contribution in [1.29, 1.82) is 0 Å².